The predicted molar refractivity (Wildman–Crippen MR) is 127 cm³/mol. The van der Waals surface area contributed by atoms with Crippen LogP contribution in [-0.2, 0) is 9.59 Å². The number of Topliss-reactive ketones (excluding diaryl/α,β-unsaturated/α-hetero) is 1. The first-order valence-corrected chi connectivity index (χ1v) is 10.7. The molecule has 34 heavy (non-hydrogen) atoms. The summed E-state index contributed by atoms with van der Waals surface area (Å²) in [6.45, 7) is 4.11. The number of anilines is 1. The standard InChI is InChI=1S/C26H22N2O6/c1-3-34-20-12-7-10-18(15-20)27-23(21-13-5-4-8-16(21)2)22(25(30)26(27)31)24(29)17-9-6-11-19(14-17)28(32)33/h4-15,23,29H,3H2,1-2H3/b24-22+. The van der Waals surface area contributed by atoms with Gasteiger partial charge in [-0.25, -0.2) is 0 Å². The largest absolute Gasteiger partial charge is 0.507 e. The van der Waals surface area contributed by atoms with Crippen molar-refractivity contribution in [1.82, 2.24) is 0 Å². The number of amides is 1. The first-order valence-electron chi connectivity index (χ1n) is 10.7. The molecule has 8 heteroatoms. The molecule has 0 saturated carbocycles. The third-order valence-electron chi connectivity index (χ3n) is 5.66. The minimum Gasteiger partial charge on any atom is -0.507 e. The highest BCUT2D eigenvalue weighted by Crippen LogP contribution is 2.43. The molecule has 172 valence electrons. The van der Waals surface area contributed by atoms with Crippen LogP contribution in [0.1, 0.15) is 29.7 Å². The number of rotatable bonds is 6. The number of aliphatic hydroxyl groups is 1. The van der Waals surface area contributed by atoms with Gasteiger partial charge in [-0.05, 0) is 37.1 Å². The monoisotopic (exact) mass is 458 g/mol. The van der Waals surface area contributed by atoms with Gasteiger partial charge in [0.1, 0.15) is 11.5 Å². The SMILES string of the molecule is CCOc1cccc(N2C(=O)C(=O)/C(=C(/O)c3cccc([N+](=O)[O-])c3)C2c2ccccc2C)c1. The smallest absolute Gasteiger partial charge is 0.300 e. The molecule has 0 spiro atoms. The number of aryl methyl sites for hydroxylation is 1. The lowest BCUT2D eigenvalue weighted by molar-refractivity contribution is -0.384. The van der Waals surface area contributed by atoms with E-state index in [-0.39, 0.29) is 16.8 Å². The Hall–Kier alpha value is -4.46. The third-order valence-corrected chi connectivity index (χ3v) is 5.66. The van der Waals surface area contributed by atoms with Gasteiger partial charge in [0.25, 0.3) is 17.4 Å². The van der Waals surface area contributed by atoms with Crippen LogP contribution in [0.15, 0.2) is 78.4 Å². The summed E-state index contributed by atoms with van der Waals surface area (Å²) >= 11 is 0. The van der Waals surface area contributed by atoms with Crippen molar-refractivity contribution < 1.29 is 24.4 Å². The van der Waals surface area contributed by atoms with Crippen molar-refractivity contribution in [3.05, 3.63) is 105 Å². The maximum absolute atomic E-state index is 13.3. The Balaban J connectivity index is 1.95. The number of non-ortho nitro benzene ring substituents is 1. The van der Waals surface area contributed by atoms with Crippen LogP contribution in [0.5, 0.6) is 5.75 Å². The molecule has 1 N–H and O–H groups in total. The molecule has 1 aliphatic heterocycles. The molecule has 1 amide bonds. The first-order chi connectivity index (χ1) is 16.3. The van der Waals surface area contributed by atoms with Gasteiger partial charge in [-0.1, -0.05) is 42.5 Å². The number of ether oxygens (including phenoxy) is 1. The van der Waals surface area contributed by atoms with E-state index in [0.717, 1.165) is 5.56 Å². The number of hydrogen-bond acceptors (Lipinski definition) is 6. The maximum atomic E-state index is 13.3. The van der Waals surface area contributed by atoms with Crippen molar-refractivity contribution in [2.75, 3.05) is 11.5 Å². The second-order valence-corrected chi connectivity index (χ2v) is 7.76. The van der Waals surface area contributed by atoms with E-state index in [1.807, 2.05) is 26.0 Å². The van der Waals surface area contributed by atoms with Crippen molar-refractivity contribution in [3.63, 3.8) is 0 Å². The minimum atomic E-state index is -0.933. The molecule has 1 atom stereocenters. The molecule has 0 radical (unpaired) electrons. The predicted octanol–water partition coefficient (Wildman–Crippen LogP) is 4.93. The Labute approximate surface area is 195 Å². The number of carbonyl (C=O) groups is 2. The van der Waals surface area contributed by atoms with Crippen LogP contribution in [-0.4, -0.2) is 28.3 Å². The van der Waals surface area contributed by atoms with E-state index in [1.54, 1.807) is 36.4 Å². The molecule has 3 aromatic carbocycles. The Bertz CT molecular complexity index is 1330. The van der Waals surface area contributed by atoms with Gasteiger partial charge in [-0.3, -0.25) is 24.6 Å². The summed E-state index contributed by atoms with van der Waals surface area (Å²) in [4.78, 5) is 38.5. The summed E-state index contributed by atoms with van der Waals surface area (Å²) in [5, 5.41) is 22.4. The highest BCUT2D eigenvalue weighted by Gasteiger charge is 2.47. The highest BCUT2D eigenvalue weighted by atomic mass is 16.6. The van der Waals surface area contributed by atoms with Crippen molar-refractivity contribution in [2.24, 2.45) is 0 Å². The van der Waals surface area contributed by atoms with Gasteiger partial charge < -0.3 is 9.84 Å². The fraction of sp³-hybridized carbons (Fsp3) is 0.154. The van der Waals surface area contributed by atoms with Crippen LogP contribution in [0.2, 0.25) is 0 Å². The quantitative estimate of drug-likeness (QED) is 0.184. The molecule has 8 nitrogen and oxygen atoms in total. The van der Waals surface area contributed by atoms with Gasteiger partial charge in [0, 0.05) is 29.4 Å². The van der Waals surface area contributed by atoms with E-state index in [4.69, 9.17) is 4.74 Å². The van der Waals surface area contributed by atoms with Crippen molar-refractivity contribution in [2.45, 2.75) is 19.9 Å². The van der Waals surface area contributed by atoms with Crippen LogP contribution in [0.4, 0.5) is 11.4 Å². The average Bonchev–Trinajstić information content (AvgIpc) is 3.09. The van der Waals surface area contributed by atoms with Crippen molar-refractivity contribution >= 4 is 28.8 Å². The van der Waals surface area contributed by atoms with Gasteiger partial charge in [0.05, 0.1) is 23.1 Å². The number of nitro groups is 1. The molecule has 1 aliphatic rings. The van der Waals surface area contributed by atoms with E-state index >= 15 is 0 Å². The fourth-order valence-electron chi connectivity index (χ4n) is 4.10. The zero-order valence-electron chi connectivity index (χ0n) is 18.6. The van der Waals surface area contributed by atoms with Crippen LogP contribution in [0, 0.1) is 17.0 Å². The molecule has 1 fully saturated rings. The van der Waals surface area contributed by atoms with Crippen molar-refractivity contribution in [3.8, 4) is 5.75 Å². The van der Waals surface area contributed by atoms with E-state index in [2.05, 4.69) is 0 Å². The number of ketones is 1. The van der Waals surface area contributed by atoms with E-state index in [9.17, 15) is 24.8 Å². The van der Waals surface area contributed by atoms with Crippen LogP contribution < -0.4 is 9.64 Å². The van der Waals surface area contributed by atoms with Gasteiger partial charge in [-0.2, -0.15) is 0 Å². The topological polar surface area (TPSA) is 110 Å². The molecule has 1 heterocycles. The zero-order valence-corrected chi connectivity index (χ0v) is 18.6. The Morgan fingerprint density at radius 1 is 1.06 bits per heavy atom. The van der Waals surface area contributed by atoms with Gasteiger partial charge in [0.15, 0.2) is 0 Å². The van der Waals surface area contributed by atoms with Crippen LogP contribution in [0.25, 0.3) is 5.76 Å². The number of carbonyl (C=O) groups excluding carboxylic acids is 2. The summed E-state index contributed by atoms with van der Waals surface area (Å²) < 4.78 is 5.56. The zero-order chi connectivity index (χ0) is 24.4. The third kappa shape index (κ3) is 4.01. The summed E-state index contributed by atoms with van der Waals surface area (Å²) in [6.07, 6.45) is 0. The summed E-state index contributed by atoms with van der Waals surface area (Å²) in [6, 6.07) is 18.5. The molecule has 3 aromatic rings. The van der Waals surface area contributed by atoms with Crippen LogP contribution in [0.3, 0.4) is 0 Å². The molecule has 0 bridgehead atoms. The first kappa shape index (κ1) is 22.7. The van der Waals surface area contributed by atoms with Gasteiger partial charge in [0.2, 0.25) is 0 Å². The Morgan fingerprint density at radius 3 is 2.50 bits per heavy atom. The average molecular weight is 458 g/mol. The normalized spacial score (nSPS) is 17.1. The van der Waals surface area contributed by atoms with Gasteiger partial charge >= 0.3 is 0 Å². The number of benzene rings is 3. The Kier molecular flexibility index (Phi) is 6.14. The minimum absolute atomic E-state index is 0.0776. The molecular formula is C26H22N2O6. The fourth-order valence-corrected chi connectivity index (χ4v) is 4.10. The summed E-state index contributed by atoms with van der Waals surface area (Å²) in [7, 11) is 0. The number of nitrogens with zero attached hydrogens (tertiary/aromatic N) is 2. The maximum Gasteiger partial charge on any atom is 0.300 e. The second-order valence-electron chi connectivity index (χ2n) is 7.76. The summed E-state index contributed by atoms with van der Waals surface area (Å²) in [5.74, 6) is -1.63. The second kappa shape index (κ2) is 9.19. The van der Waals surface area contributed by atoms with Crippen LogP contribution >= 0.6 is 0 Å². The Morgan fingerprint density at radius 2 is 1.79 bits per heavy atom. The van der Waals surface area contributed by atoms with E-state index in [1.165, 1.54) is 29.2 Å². The number of nitro benzene ring substituents is 1. The molecule has 1 unspecified atom stereocenters. The lowest BCUT2D eigenvalue weighted by Gasteiger charge is -2.27. The molecule has 0 aliphatic carbocycles. The molecule has 4 rings (SSSR count). The molecular weight excluding hydrogens is 436 g/mol. The molecule has 0 aromatic heterocycles. The van der Waals surface area contributed by atoms with Gasteiger partial charge in [-0.15, -0.1) is 0 Å². The van der Waals surface area contributed by atoms with E-state index in [0.29, 0.717) is 23.6 Å². The molecule has 1 saturated heterocycles. The number of hydrogen-bond donors (Lipinski definition) is 1. The lowest BCUT2D eigenvalue weighted by atomic mass is 9.92. The van der Waals surface area contributed by atoms with E-state index < -0.39 is 28.4 Å². The lowest BCUT2D eigenvalue weighted by Crippen LogP contribution is -2.29. The highest BCUT2D eigenvalue weighted by molar-refractivity contribution is 6.51. The number of aliphatic hydroxyl groups excluding tert-OH is 1. The summed E-state index contributed by atoms with van der Waals surface area (Å²) in [5.41, 5.74) is 1.59. The van der Waals surface area contributed by atoms with Crippen molar-refractivity contribution in [1.29, 1.82) is 0 Å².